The lowest BCUT2D eigenvalue weighted by Gasteiger charge is -2.11. The summed E-state index contributed by atoms with van der Waals surface area (Å²) in [5.74, 6) is 0.414. The lowest BCUT2D eigenvalue weighted by atomic mass is 10.2. The van der Waals surface area contributed by atoms with Crippen LogP contribution in [-0.4, -0.2) is 18.0 Å². The summed E-state index contributed by atoms with van der Waals surface area (Å²) in [4.78, 5) is 16.5. The quantitative estimate of drug-likeness (QED) is 0.695. The number of rotatable bonds is 5. The zero-order valence-corrected chi connectivity index (χ0v) is 14.2. The molecule has 6 heteroatoms. The third-order valence-corrected chi connectivity index (χ3v) is 3.73. The maximum Gasteiger partial charge on any atom is 0.274 e. The Bertz CT molecular complexity index is 882. The third kappa shape index (κ3) is 4.28. The molecule has 3 aromatic rings. The summed E-state index contributed by atoms with van der Waals surface area (Å²) in [5, 5.41) is 6.62. The molecule has 1 amide bonds. The molecule has 2 N–H and O–H groups in total. The van der Waals surface area contributed by atoms with Gasteiger partial charge in [-0.05, 0) is 48.5 Å². The van der Waals surface area contributed by atoms with Gasteiger partial charge in [0.05, 0.1) is 12.8 Å². The van der Waals surface area contributed by atoms with E-state index in [0.717, 1.165) is 11.4 Å². The number of carbonyl (C=O) groups is 1. The highest BCUT2D eigenvalue weighted by Gasteiger charge is 2.09. The Morgan fingerprint density at radius 1 is 1.04 bits per heavy atom. The first kappa shape index (κ1) is 16.8. The molecule has 0 aliphatic rings. The highest BCUT2D eigenvalue weighted by Crippen LogP contribution is 2.27. The van der Waals surface area contributed by atoms with Gasteiger partial charge in [-0.2, -0.15) is 0 Å². The van der Waals surface area contributed by atoms with Gasteiger partial charge in [-0.25, -0.2) is 0 Å². The van der Waals surface area contributed by atoms with Crippen molar-refractivity contribution in [1.82, 2.24) is 4.98 Å². The van der Waals surface area contributed by atoms with Crippen LogP contribution in [0.3, 0.4) is 0 Å². The van der Waals surface area contributed by atoms with Gasteiger partial charge in [0, 0.05) is 22.6 Å². The van der Waals surface area contributed by atoms with Gasteiger partial charge >= 0.3 is 0 Å². The summed E-state index contributed by atoms with van der Waals surface area (Å²) < 4.78 is 5.32. The molecule has 0 radical (unpaired) electrons. The Balaban J connectivity index is 1.76. The van der Waals surface area contributed by atoms with Crippen molar-refractivity contribution in [3.63, 3.8) is 0 Å². The summed E-state index contributed by atoms with van der Waals surface area (Å²) in [7, 11) is 1.61. The van der Waals surface area contributed by atoms with E-state index < -0.39 is 0 Å². The minimum absolute atomic E-state index is 0.300. The van der Waals surface area contributed by atoms with Crippen molar-refractivity contribution in [1.29, 1.82) is 0 Å². The van der Waals surface area contributed by atoms with Gasteiger partial charge in [-0.3, -0.25) is 9.78 Å². The number of halogens is 1. The van der Waals surface area contributed by atoms with Gasteiger partial charge in [-0.1, -0.05) is 23.7 Å². The Morgan fingerprint density at radius 3 is 2.56 bits per heavy atom. The van der Waals surface area contributed by atoms with Crippen LogP contribution in [0.25, 0.3) is 0 Å². The Hall–Kier alpha value is -3.05. The van der Waals surface area contributed by atoms with Crippen molar-refractivity contribution in [3.8, 4) is 5.75 Å². The number of pyridine rings is 1. The number of nitrogens with one attached hydrogen (secondary N) is 2. The van der Waals surface area contributed by atoms with Crippen molar-refractivity contribution >= 4 is 34.6 Å². The van der Waals surface area contributed by atoms with E-state index in [4.69, 9.17) is 16.3 Å². The van der Waals surface area contributed by atoms with Crippen LogP contribution in [0.1, 0.15) is 10.5 Å². The highest BCUT2D eigenvalue weighted by molar-refractivity contribution is 6.30. The van der Waals surface area contributed by atoms with Crippen LogP contribution in [-0.2, 0) is 0 Å². The third-order valence-electron chi connectivity index (χ3n) is 3.48. The van der Waals surface area contributed by atoms with Gasteiger partial charge in [0.15, 0.2) is 0 Å². The van der Waals surface area contributed by atoms with Crippen molar-refractivity contribution in [3.05, 3.63) is 77.6 Å². The van der Waals surface area contributed by atoms with E-state index in [1.54, 1.807) is 49.7 Å². The summed E-state index contributed by atoms with van der Waals surface area (Å²) in [6, 6.07) is 17.9. The van der Waals surface area contributed by atoms with Gasteiger partial charge in [0.25, 0.3) is 5.91 Å². The predicted octanol–water partition coefficient (Wildman–Crippen LogP) is 4.74. The second kappa shape index (κ2) is 7.68. The average molecular weight is 354 g/mol. The molecule has 1 heterocycles. The lowest BCUT2D eigenvalue weighted by molar-refractivity contribution is 0.102. The second-order valence-electron chi connectivity index (χ2n) is 5.22. The topological polar surface area (TPSA) is 63.2 Å². The SMILES string of the molecule is COc1ccccc1Nc1ccnc(C(=O)Nc2ccc(Cl)cc2)c1. The fourth-order valence-electron chi connectivity index (χ4n) is 2.26. The van der Waals surface area contributed by atoms with Gasteiger partial charge in [0.2, 0.25) is 0 Å². The minimum Gasteiger partial charge on any atom is -0.495 e. The highest BCUT2D eigenvalue weighted by atomic mass is 35.5. The number of carbonyl (C=O) groups excluding carboxylic acids is 1. The molecular formula is C19H16ClN3O2. The molecule has 0 saturated heterocycles. The molecule has 0 fully saturated rings. The van der Waals surface area contributed by atoms with Gasteiger partial charge < -0.3 is 15.4 Å². The summed E-state index contributed by atoms with van der Waals surface area (Å²) in [6.45, 7) is 0. The fraction of sp³-hybridized carbons (Fsp3) is 0.0526. The Labute approximate surface area is 150 Å². The number of hydrogen-bond donors (Lipinski definition) is 2. The molecule has 0 aliphatic heterocycles. The van der Waals surface area contributed by atoms with Crippen LogP contribution in [0.4, 0.5) is 17.1 Å². The molecule has 3 rings (SSSR count). The van der Waals surface area contributed by atoms with Crippen LogP contribution < -0.4 is 15.4 Å². The largest absolute Gasteiger partial charge is 0.495 e. The number of para-hydroxylation sites is 2. The zero-order valence-electron chi connectivity index (χ0n) is 13.5. The number of methoxy groups -OCH3 is 1. The number of amides is 1. The van der Waals surface area contributed by atoms with Crippen LogP contribution in [0.15, 0.2) is 66.9 Å². The molecule has 126 valence electrons. The molecule has 2 aromatic carbocycles. The van der Waals surface area contributed by atoms with E-state index in [2.05, 4.69) is 15.6 Å². The molecule has 5 nitrogen and oxygen atoms in total. The number of benzene rings is 2. The lowest BCUT2D eigenvalue weighted by Crippen LogP contribution is -2.13. The number of aromatic nitrogens is 1. The predicted molar refractivity (Wildman–Crippen MR) is 99.9 cm³/mol. The van der Waals surface area contributed by atoms with E-state index in [1.807, 2.05) is 24.3 Å². The van der Waals surface area contributed by atoms with E-state index >= 15 is 0 Å². The first-order chi connectivity index (χ1) is 12.2. The van der Waals surface area contributed by atoms with E-state index in [9.17, 15) is 4.79 Å². The van der Waals surface area contributed by atoms with Gasteiger partial charge in [0.1, 0.15) is 11.4 Å². The van der Waals surface area contributed by atoms with Gasteiger partial charge in [-0.15, -0.1) is 0 Å². The van der Waals surface area contributed by atoms with Crippen molar-refractivity contribution in [2.24, 2.45) is 0 Å². The van der Waals surface area contributed by atoms with Crippen molar-refractivity contribution in [2.75, 3.05) is 17.7 Å². The normalized spacial score (nSPS) is 10.2. The first-order valence-corrected chi connectivity index (χ1v) is 7.96. The molecule has 0 bridgehead atoms. The smallest absolute Gasteiger partial charge is 0.274 e. The summed E-state index contributed by atoms with van der Waals surface area (Å²) >= 11 is 5.84. The molecule has 0 atom stereocenters. The molecule has 0 spiro atoms. The minimum atomic E-state index is -0.300. The van der Waals surface area contributed by atoms with Crippen LogP contribution >= 0.6 is 11.6 Å². The number of ether oxygens (including phenoxy) is 1. The average Bonchev–Trinajstić information content (AvgIpc) is 2.64. The monoisotopic (exact) mass is 353 g/mol. The Kier molecular flexibility index (Phi) is 5.16. The van der Waals surface area contributed by atoms with Crippen LogP contribution in [0, 0.1) is 0 Å². The van der Waals surface area contributed by atoms with Crippen LogP contribution in [0.5, 0.6) is 5.75 Å². The summed E-state index contributed by atoms with van der Waals surface area (Å²) in [6.07, 6.45) is 1.58. The van der Waals surface area contributed by atoms with Crippen LogP contribution in [0.2, 0.25) is 5.02 Å². The zero-order chi connectivity index (χ0) is 17.6. The standard InChI is InChI=1S/C19H16ClN3O2/c1-25-18-5-3-2-4-16(18)22-15-10-11-21-17(12-15)19(24)23-14-8-6-13(20)7-9-14/h2-12H,1H3,(H,21,22)(H,23,24). The molecule has 1 aromatic heterocycles. The molecule has 25 heavy (non-hydrogen) atoms. The molecule has 0 aliphatic carbocycles. The molecule has 0 unspecified atom stereocenters. The van der Waals surface area contributed by atoms with Crippen molar-refractivity contribution in [2.45, 2.75) is 0 Å². The number of hydrogen-bond acceptors (Lipinski definition) is 4. The maximum absolute atomic E-state index is 12.4. The molecular weight excluding hydrogens is 338 g/mol. The number of nitrogens with zero attached hydrogens (tertiary/aromatic N) is 1. The first-order valence-electron chi connectivity index (χ1n) is 7.59. The Morgan fingerprint density at radius 2 is 1.80 bits per heavy atom. The van der Waals surface area contributed by atoms with E-state index in [0.29, 0.717) is 22.2 Å². The summed E-state index contributed by atoms with van der Waals surface area (Å²) in [5.41, 5.74) is 2.50. The maximum atomic E-state index is 12.4. The number of anilines is 3. The molecule has 0 saturated carbocycles. The van der Waals surface area contributed by atoms with E-state index in [1.165, 1.54) is 0 Å². The second-order valence-corrected chi connectivity index (χ2v) is 5.65. The van der Waals surface area contributed by atoms with E-state index in [-0.39, 0.29) is 5.91 Å². The van der Waals surface area contributed by atoms with Crippen molar-refractivity contribution < 1.29 is 9.53 Å². The fourth-order valence-corrected chi connectivity index (χ4v) is 2.39.